The predicted molar refractivity (Wildman–Crippen MR) is 79.6 cm³/mol. The number of benzene rings is 1. The van der Waals surface area contributed by atoms with Crippen molar-refractivity contribution >= 4 is 11.6 Å². The molecule has 0 unspecified atom stereocenters. The number of rotatable bonds is 6. The third-order valence-electron chi connectivity index (χ3n) is 3.45. The van der Waals surface area contributed by atoms with Crippen LogP contribution in [-0.2, 0) is 4.74 Å². The lowest BCUT2D eigenvalue weighted by Crippen LogP contribution is -2.38. The Labute approximate surface area is 124 Å². The van der Waals surface area contributed by atoms with E-state index in [0.717, 1.165) is 25.1 Å². The van der Waals surface area contributed by atoms with Crippen molar-refractivity contribution in [2.24, 2.45) is 0 Å². The molecule has 20 heavy (non-hydrogen) atoms. The second-order valence-electron chi connectivity index (χ2n) is 5.42. The highest BCUT2D eigenvalue weighted by Crippen LogP contribution is 2.30. The quantitative estimate of drug-likeness (QED) is 0.793. The molecular weight excluding hydrogens is 279 g/mol. The third-order valence-corrected chi connectivity index (χ3v) is 3.75. The van der Waals surface area contributed by atoms with Crippen molar-refractivity contribution in [3.63, 3.8) is 0 Å². The zero-order chi connectivity index (χ0) is 14.5. The minimum Gasteiger partial charge on any atom is -0.372 e. The maximum Gasteiger partial charge on any atom is 0.142 e. The molecule has 1 aliphatic rings. The fraction of sp³-hybridized carbons (Fsp3) is 0.600. The summed E-state index contributed by atoms with van der Waals surface area (Å²) in [4.78, 5) is 0. The highest BCUT2D eigenvalue weighted by atomic mass is 35.5. The van der Waals surface area contributed by atoms with Crippen LogP contribution in [0.25, 0.3) is 0 Å². The molecule has 1 heterocycles. The Morgan fingerprint density at radius 2 is 2.20 bits per heavy atom. The lowest BCUT2D eigenvalue weighted by atomic mass is 10.0. The molecule has 5 heteroatoms. The van der Waals surface area contributed by atoms with E-state index in [1.165, 1.54) is 6.07 Å². The maximum absolute atomic E-state index is 13.5. The average molecular weight is 301 g/mol. The average Bonchev–Trinajstić information content (AvgIpc) is 2.86. The molecule has 2 rings (SSSR count). The molecule has 0 spiro atoms. The van der Waals surface area contributed by atoms with Crippen LogP contribution in [0.3, 0.4) is 0 Å². The predicted octanol–water partition coefficient (Wildman–Crippen LogP) is 2.90. The first-order valence-electron chi connectivity index (χ1n) is 7.11. The van der Waals surface area contributed by atoms with Gasteiger partial charge in [-0.15, -0.1) is 0 Å². The summed E-state index contributed by atoms with van der Waals surface area (Å²) in [6.07, 6.45) is 0.845. The van der Waals surface area contributed by atoms with E-state index in [1.807, 2.05) is 6.07 Å². The summed E-state index contributed by atoms with van der Waals surface area (Å²) >= 11 is 5.72. The van der Waals surface area contributed by atoms with Gasteiger partial charge in [0.1, 0.15) is 5.82 Å². The van der Waals surface area contributed by atoms with Crippen LogP contribution >= 0.6 is 11.6 Å². The van der Waals surface area contributed by atoms with E-state index in [-0.39, 0.29) is 23.0 Å². The molecule has 1 aromatic carbocycles. The van der Waals surface area contributed by atoms with E-state index in [9.17, 15) is 4.39 Å². The van der Waals surface area contributed by atoms with Crippen LogP contribution in [0.2, 0.25) is 5.02 Å². The SMILES string of the molecule is CC(C)NCCN[C@H]1CCO[C@H]1c1ccc(Cl)c(F)c1. The number of nitrogens with one attached hydrogen (secondary N) is 2. The molecule has 112 valence electrons. The Morgan fingerprint density at radius 1 is 1.40 bits per heavy atom. The van der Waals surface area contributed by atoms with Crippen LogP contribution in [-0.4, -0.2) is 31.8 Å². The number of ether oxygens (including phenoxy) is 1. The van der Waals surface area contributed by atoms with Crippen molar-refractivity contribution in [3.8, 4) is 0 Å². The first kappa shape index (κ1) is 15.7. The smallest absolute Gasteiger partial charge is 0.142 e. The first-order chi connectivity index (χ1) is 9.58. The van der Waals surface area contributed by atoms with Crippen LogP contribution in [0.4, 0.5) is 4.39 Å². The molecule has 1 saturated heterocycles. The maximum atomic E-state index is 13.5. The van der Waals surface area contributed by atoms with Gasteiger partial charge in [0.2, 0.25) is 0 Å². The minimum atomic E-state index is -0.389. The number of hydrogen-bond donors (Lipinski definition) is 2. The second kappa shape index (κ2) is 7.36. The molecule has 1 fully saturated rings. The Hall–Kier alpha value is -0.680. The van der Waals surface area contributed by atoms with Gasteiger partial charge < -0.3 is 15.4 Å². The normalized spacial score (nSPS) is 22.6. The molecule has 0 saturated carbocycles. The first-order valence-corrected chi connectivity index (χ1v) is 7.49. The van der Waals surface area contributed by atoms with E-state index < -0.39 is 0 Å². The lowest BCUT2D eigenvalue weighted by Gasteiger charge is -2.21. The summed E-state index contributed by atoms with van der Waals surface area (Å²) < 4.78 is 19.3. The van der Waals surface area contributed by atoms with Crippen molar-refractivity contribution in [1.82, 2.24) is 10.6 Å². The van der Waals surface area contributed by atoms with Gasteiger partial charge >= 0.3 is 0 Å². The van der Waals surface area contributed by atoms with Gasteiger partial charge in [0.25, 0.3) is 0 Å². The van der Waals surface area contributed by atoms with E-state index in [0.29, 0.717) is 12.6 Å². The van der Waals surface area contributed by atoms with Gasteiger partial charge in [-0.25, -0.2) is 4.39 Å². The number of hydrogen-bond acceptors (Lipinski definition) is 3. The molecule has 0 bridgehead atoms. The summed E-state index contributed by atoms with van der Waals surface area (Å²) in [5.41, 5.74) is 0.846. The van der Waals surface area contributed by atoms with Crippen LogP contribution in [0.15, 0.2) is 18.2 Å². The molecule has 2 atom stereocenters. The third kappa shape index (κ3) is 4.16. The van der Waals surface area contributed by atoms with Crippen molar-refractivity contribution in [2.75, 3.05) is 19.7 Å². The van der Waals surface area contributed by atoms with Crippen LogP contribution in [0.1, 0.15) is 31.9 Å². The van der Waals surface area contributed by atoms with Gasteiger partial charge in [0.15, 0.2) is 0 Å². The molecule has 3 nitrogen and oxygen atoms in total. The molecule has 0 radical (unpaired) electrons. The summed E-state index contributed by atoms with van der Waals surface area (Å²) in [7, 11) is 0. The zero-order valence-electron chi connectivity index (χ0n) is 12.0. The van der Waals surface area contributed by atoms with E-state index in [4.69, 9.17) is 16.3 Å². The van der Waals surface area contributed by atoms with Gasteiger partial charge in [-0.1, -0.05) is 31.5 Å². The fourth-order valence-electron chi connectivity index (χ4n) is 2.43. The molecule has 1 aromatic rings. The van der Waals surface area contributed by atoms with Gasteiger partial charge in [-0.2, -0.15) is 0 Å². The largest absolute Gasteiger partial charge is 0.372 e. The molecule has 0 aliphatic carbocycles. The summed E-state index contributed by atoms with van der Waals surface area (Å²) in [5, 5.41) is 6.99. The molecule has 0 amide bonds. The van der Waals surface area contributed by atoms with E-state index >= 15 is 0 Å². The molecular formula is C15H22ClFN2O. The Balaban J connectivity index is 1.91. The van der Waals surface area contributed by atoms with Gasteiger partial charge in [-0.3, -0.25) is 0 Å². The molecule has 0 aromatic heterocycles. The number of halogens is 2. The van der Waals surface area contributed by atoms with Gasteiger partial charge in [0, 0.05) is 31.8 Å². The van der Waals surface area contributed by atoms with E-state index in [2.05, 4.69) is 24.5 Å². The fourth-order valence-corrected chi connectivity index (χ4v) is 2.55. The van der Waals surface area contributed by atoms with Crippen molar-refractivity contribution < 1.29 is 9.13 Å². The van der Waals surface area contributed by atoms with Crippen LogP contribution in [0.5, 0.6) is 0 Å². The summed E-state index contributed by atoms with van der Waals surface area (Å²) in [6.45, 7) is 6.73. The Kier molecular flexibility index (Phi) is 5.78. The Bertz CT molecular complexity index is 442. The van der Waals surface area contributed by atoms with Crippen molar-refractivity contribution in [3.05, 3.63) is 34.6 Å². The topological polar surface area (TPSA) is 33.3 Å². The molecule has 1 aliphatic heterocycles. The van der Waals surface area contributed by atoms with Crippen molar-refractivity contribution in [2.45, 2.75) is 38.5 Å². The van der Waals surface area contributed by atoms with Gasteiger partial charge in [-0.05, 0) is 24.1 Å². The highest BCUT2D eigenvalue weighted by molar-refractivity contribution is 6.30. The summed E-state index contributed by atoms with van der Waals surface area (Å²) in [5.74, 6) is -0.389. The van der Waals surface area contributed by atoms with Crippen molar-refractivity contribution in [1.29, 1.82) is 0 Å². The zero-order valence-corrected chi connectivity index (χ0v) is 12.7. The van der Waals surface area contributed by atoms with Crippen LogP contribution in [0, 0.1) is 5.82 Å². The summed E-state index contributed by atoms with van der Waals surface area (Å²) in [6, 6.07) is 5.61. The monoisotopic (exact) mass is 300 g/mol. The van der Waals surface area contributed by atoms with Crippen LogP contribution < -0.4 is 10.6 Å². The lowest BCUT2D eigenvalue weighted by molar-refractivity contribution is 0.0986. The highest BCUT2D eigenvalue weighted by Gasteiger charge is 2.29. The van der Waals surface area contributed by atoms with E-state index in [1.54, 1.807) is 6.07 Å². The second-order valence-corrected chi connectivity index (χ2v) is 5.83. The van der Waals surface area contributed by atoms with Gasteiger partial charge in [0.05, 0.1) is 11.1 Å². The Morgan fingerprint density at radius 3 is 2.90 bits per heavy atom. The standard InChI is InChI=1S/C15H22ClFN2O/c1-10(2)18-6-7-19-14-5-8-20-15(14)11-3-4-12(16)13(17)9-11/h3-4,9-10,14-15,18-19H,5-8H2,1-2H3/t14-,15-/m0/s1. The molecule has 2 N–H and O–H groups in total. The minimum absolute atomic E-state index is 0.0965.